The van der Waals surface area contributed by atoms with Crippen molar-refractivity contribution in [3.05, 3.63) is 54.6 Å². The molecule has 0 bridgehead atoms. The molecule has 7 heteroatoms. The third-order valence-corrected chi connectivity index (χ3v) is 5.18. The van der Waals surface area contributed by atoms with Crippen molar-refractivity contribution in [1.29, 1.82) is 0 Å². The molecule has 0 aliphatic carbocycles. The standard InChI is InChI=1S/C22H25N3O4/c26-21(20-11-6-16-28-20)24-12-14-25(15-13-24)22(27)23-18-9-4-5-10-19(18)29-17-7-2-1-3-8-17/h1-5,7-10,20H,6,11-16H2,(H,23,27)/t20-/m0/s1. The third kappa shape index (κ3) is 4.68. The van der Waals surface area contributed by atoms with Gasteiger partial charge in [-0.15, -0.1) is 0 Å². The van der Waals surface area contributed by atoms with Crippen molar-refractivity contribution in [3.8, 4) is 11.5 Å². The molecule has 4 rings (SSSR count). The molecule has 1 N–H and O–H groups in total. The molecule has 29 heavy (non-hydrogen) atoms. The smallest absolute Gasteiger partial charge is 0.322 e. The Kier molecular flexibility index (Phi) is 5.95. The lowest BCUT2D eigenvalue weighted by atomic mass is 10.2. The zero-order valence-corrected chi connectivity index (χ0v) is 16.3. The number of hydrogen-bond acceptors (Lipinski definition) is 4. The lowest BCUT2D eigenvalue weighted by Gasteiger charge is -2.35. The van der Waals surface area contributed by atoms with Crippen LogP contribution in [-0.2, 0) is 9.53 Å². The van der Waals surface area contributed by atoms with Crippen LogP contribution >= 0.6 is 0 Å². The lowest BCUT2D eigenvalue weighted by Crippen LogP contribution is -2.53. The Labute approximate surface area is 170 Å². The number of anilines is 1. The number of hydrogen-bond donors (Lipinski definition) is 1. The van der Waals surface area contributed by atoms with Crippen LogP contribution in [0.25, 0.3) is 0 Å². The average Bonchev–Trinajstić information content (AvgIpc) is 3.30. The summed E-state index contributed by atoms with van der Waals surface area (Å²) in [6.45, 7) is 2.68. The van der Waals surface area contributed by atoms with Gasteiger partial charge in [0.2, 0.25) is 0 Å². The van der Waals surface area contributed by atoms with E-state index in [1.165, 1.54) is 0 Å². The maximum Gasteiger partial charge on any atom is 0.322 e. The monoisotopic (exact) mass is 395 g/mol. The van der Waals surface area contributed by atoms with E-state index < -0.39 is 0 Å². The minimum Gasteiger partial charge on any atom is -0.455 e. The Balaban J connectivity index is 1.34. The molecule has 2 fully saturated rings. The fourth-order valence-electron chi connectivity index (χ4n) is 3.57. The molecular weight excluding hydrogens is 370 g/mol. The summed E-state index contributed by atoms with van der Waals surface area (Å²) in [6.07, 6.45) is 1.42. The predicted molar refractivity (Wildman–Crippen MR) is 109 cm³/mol. The quantitative estimate of drug-likeness (QED) is 0.862. The molecule has 1 atom stereocenters. The molecule has 2 aromatic rings. The maximum absolute atomic E-state index is 12.7. The second kappa shape index (κ2) is 8.96. The van der Waals surface area contributed by atoms with E-state index in [-0.39, 0.29) is 18.0 Å². The van der Waals surface area contributed by atoms with Crippen molar-refractivity contribution in [2.24, 2.45) is 0 Å². The Morgan fingerprint density at radius 3 is 2.34 bits per heavy atom. The van der Waals surface area contributed by atoms with Crippen molar-refractivity contribution in [1.82, 2.24) is 9.80 Å². The minimum absolute atomic E-state index is 0.0455. The van der Waals surface area contributed by atoms with Crippen molar-refractivity contribution < 1.29 is 19.1 Å². The van der Waals surface area contributed by atoms with Crippen molar-refractivity contribution in [2.75, 3.05) is 38.1 Å². The summed E-state index contributed by atoms with van der Waals surface area (Å²) in [6, 6.07) is 16.6. The van der Waals surface area contributed by atoms with Crippen LogP contribution in [-0.4, -0.2) is 60.6 Å². The highest BCUT2D eigenvalue weighted by atomic mass is 16.5. The lowest BCUT2D eigenvalue weighted by molar-refractivity contribution is -0.142. The first kappa shape index (κ1) is 19.3. The van der Waals surface area contributed by atoms with Crippen LogP contribution in [0.15, 0.2) is 54.6 Å². The van der Waals surface area contributed by atoms with Gasteiger partial charge in [0.1, 0.15) is 11.9 Å². The van der Waals surface area contributed by atoms with Crippen LogP contribution in [0.3, 0.4) is 0 Å². The van der Waals surface area contributed by atoms with Gasteiger partial charge in [-0.1, -0.05) is 30.3 Å². The molecule has 2 saturated heterocycles. The number of ether oxygens (including phenoxy) is 2. The summed E-state index contributed by atoms with van der Waals surface area (Å²) in [7, 11) is 0. The average molecular weight is 395 g/mol. The van der Waals surface area contributed by atoms with Crippen LogP contribution in [0.2, 0.25) is 0 Å². The molecule has 7 nitrogen and oxygen atoms in total. The highest BCUT2D eigenvalue weighted by Crippen LogP contribution is 2.29. The first-order valence-corrected chi connectivity index (χ1v) is 9.99. The number of nitrogens with zero attached hydrogens (tertiary/aromatic N) is 2. The molecular formula is C22H25N3O4. The zero-order chi connectivity index (χ0) is 20.1. The van der Waals surface area contributed by atoms with Gasteiger partial charge >= 0.3 is 6.03 Å². The fraction of sp³-hybridized carbons (Fsp3) is 0.364. The van der Waals surface area contributed by atoms with E-state index in [0.29, 0.717) is 50.0 Å². The van der Waals surface area contributed by atoms with Gasteiger partial charge in [0.05, 0.1) is 5.69 Å². The van der Waals surface area contributed by atoms with Crippen molar-refractivity contribution in [3.63, 3.8) is 0 Å². The number of para-hydroxylation sites is 3. The number of piperazine rings is 1. The van der Waals surface area contributed by atoms with Crippen LogP contribution in [0.5, 0.6) is 11.5 Å². The van der Waals surface area contributed by atoms with Gasteiger partial charge in [-0.2, -0.15) is 0 Å². The predicted octanol–water partition coefficient (Wildman–Crippen LogP) is 3.33. The van der Waals surface area contributed by atoms with E-state index in [2.05, 4.69) is 5.32 Å². The van der Waals surface area contributed by atoms with Gasteiger partial charge < -0.3 is 24.6 Å². The first-order chi connectivity index (χ1) is 14.2. The second-order valence-corrected chi connectivity index (χ2v) is 7.16. The Bertz CT molecular complexity index is 844. The van der Waals surface area contributed by atoms with E-state index in [9.17, 15) is 9.59 Å². The third-order valence-electron chi connectivity index (χ3n) is 5.18. The molecule has 3 amide bonds. The molecule has 2 aromatic carbocycles. The summed E-state index contributed by atoms with van der Waals surface area (Å²) in [5.41, 5.74) is 0.610. The normalized spacial score (nSPS) is 19.1. The van der Waals surface area contributed by atoms with Crippen LogP contribution < -0.4 is 10.1 Å². The molecule has 0 radical (unpaired) electrons. The van der Waals surface area contributed by atoms with Gasteiger partial charge in [-0.25, -0.2) is 4.79 Å². The van der Waals surface area contributed by atoms with E-state index in [4.69, 9.17) is 9.47 Å². The van der Waals surface area contributed by atoms with Gasteiger partial charge in [0.15, 0.2) is 5.75 Å². The number of nitrogens with one attached hydrogen (secondary N) is 1. The molecule has 0 saturated carbocycles. The number of urea groups is 1. The zero-order valence-electron chi connectivity index (χ0n) is 16.3. The van der Waals surface area contributed by atoms with Gasteiger partial charge in [-0.3, -0.25) is 4.79 Å². The summed E-state index contributed by atoms with van der Waals surface area (Å²) < 4.78 is 11.4. The number of carbonyl (C=O) groups is 2. The molecule has 2 aliphatic rings. The van der Waals surface area contributed by atoms with E-state index >= 15 is 0 Å². The topological polar surface area (TPSA) is 71.1 Å². The molecule has 2 heterocycles. The first-order valence-electron chi connectivity index (χ1n) is 9.99. The highest BCUT2D eigenvalue weighted by Gasteiger charge is 2.31. The van der Waals surface area contributed by atoms with E-state index in [0.717, 1.165) is 12.8 Å². The molecule has 152 valence electrons. The van der Waals surface area contributed by atoms with Crippen molar-refractivity contribution >= 4 is 17.6 Å². The summed E-state index contributed by atoms with van der Waals surface area (Å²) in [4.78, 5) is 28.7. The van der Waals surface area contributed by atoms with Gasteiger partial charge in [0.25, 0.3) is 5.91 Å². The minimum atomic E-state index is -0.308. The van der Waals surface area contributed by atoms with E-state index in [1.807, 2.05) is 54.6 Å². The fourth-order valence-corrected chi connectivity index (χ4v) is 3.57. The Morgan fingerprint density at radius 1 is 0.931 bits per heavy atom. The highest BCUT2D eigenvalue weighted by molar-refractivity contribution is 5.91. The largest absolute Gasteiger partial charge is 0.455 e. The summed E-state index contributed by atoms with van der Waals surface area (Å²) in [5, 5.41) is 2.93. The summed E-state index contributed by atoms with van der Waals surface area (Å²) in [5.74, 6) is 1.33. The molecule has 0 aromatic heterocycles. The molecule has 0 spiro atoms. The Hall–Kier alpha value is -3.06. The number of carbonyl (C=O) groups excluding carboxylic acids is 2. The van der Waals surface area contributed by atoms with Gasteiger partial charge in [-0.05, 0) is 37.1 Å². The second-order valence-electron chi connectivity index (χ2n) is 7.16. The number of amides is 3. The van der Waals surface area contributed by atoms with Gasteiger partial charge in [0, 0.05) is 32.8 Å². The summed E-state index contributed by atoms with van der Waals surface area (Å²) >= 11 is 0. The Morgan fingerprint density at radius 2 is 1.62 bits per heavy atom. The van der Waals surface area contributed by atoms with E-state index in [1.54, 1.807) is 9.80 Å². The van der Waals surface area contributed by atoms with Crippen LogP contribution in [0.1, 0.15) is 12.8 Å². The molecule has 0 unspecified atom stereocenters. The maximum atomic E-state index is 12.7. The number of benzene rings is 2. The number of rotatable bonds is 4. The van der Waals surface area contributed by atoms with Crippen LogP contribution in [0.4, 0.5) is 10.5 Å². The SMILES string of the molecule is O=C(Nc1ccccc1Oc1ccccc1)N1CCN(C(=O)[C@@H]2CCCO2)CC1. The van der Waals surface area contributed by atoms with Crippen LogP contribution in [0, 0.1) is 0 Å². The molecule has 2 aliphatic heterocycles. The van der Waals surface area contributed by atoms with Crippen molar-refractivity contribution in [2.45, 2.75) is 18.9 Å².